The number of thioether (sulfide) groups is 1. The van der Waals surface area contributed by atoms with Gasteiger partial charge in [0.1, 0.15) is 0 Å². The van der Waals surface area contributed by atoms with Gasteiger partial charge >= 0.3 is 0 Å². The minimum atomic E-state index is 0.746. The zero-order valence-corrected chi connectivity index (χ0v) is 12.3. The van der Waals surface area contributed by atoms with Crippen molar-refractivity contribution in [2.45, 2.75) is 62.8 Å². The highest BCUT2D eigenvalue weighted by Gasteiger charge is 2.30. The van der Waals surface area contributed by atoms with Gasteiger partial charge in [0.05, 0.1) is 0 Å². The molecule has 1 saturated heterocycles. The summed E-state index contributed by atoms with van der Waals surface area (Å²) in [5.41, 5.74) is 0. The molecule has 2 nitrogen and oxygen atoms in total. The molecule has 2 rings (SSSR count). The molecular formula is C14H28N2S. The first-order valence-electron chi connectivity index (χ1n) is 7.33. The van der Waals surface area contributed by atoms with Gasteiger partial charge in [-0.1, -0.05) is 13.3 Å². The van der Waals surface area contributed by atoms with Gasteiger partial charge < -0.3 is 5.32 Å². The zero-order valence-electron chi connectivity index (χ0n) is 11.5. The standard InChI is InChI=1S/C14H28N2S/c1-3-5-12-11-16(9-4-8-15-12)13-6-7-14(10-13)17-2/h12-15H,3-11H2,1-2H3. The minimum Gasteiger partial charge on any atom is -0.313 e. The van der Waals surface area contributed by atoms with Crippen LogP contribution in [0.25, 0.3) is 0 Å². The summed E-state index contributed by atoms with van der Waals surface area (Å²) < 4.78 is 0. The van der Waals surface area contributed by atoms with Crippen LogP contribution in [-0.4, -0.2) is 48.1 Å². The molecule has 3 heteroatoms. The van der Waals surface area contributed by atoms with E-state index in [1.54, 1.807) is 0 Å². The highest BCUT2D eigenvalue weighted by atomic mass is 32.2. The van der Waals surface area contributed by atoms with Crippen LogP contribution in [0.4, 0.5) is 0 Å². The van der Waals surface area contributed by atoms with E-state index in [0.717, 1.165) is 17.3 Å². The van der Waals surface area contributed by atoms with Gasteiger partial charge in [0.2, 0.25) is 0 Å². The third-order valence-electron chi connectivity index (χ3n) is 4.35. The summed E-state index contributed by atoms with van der Waals surface area (Å²) in [6, 6.07) is 1.63. The SMILES string of the molecule is CCCC1CN(C2CCC(SC)C2)CCCN1. The van der Waals surface area contributed by atoms with E-state index >= 15 is 0 Å². The first-order valence-corrected chi connectivity index (χ1v) is 8.62. The third-order valence-corrected chi connectivity index (χ3v) is 5.45. The Bertz CT molecular complexity index is 222. The van der Waals surface area contributed by atoms with Gasteiger partial charge in [0.25, 0.3) is 0 Å². The molecular weight excluding hydrogens is 228 g/mol. The van der Waals surface area contributed by atoms with Gasteiger partial charge in [-0.15, -0.1) is 0 Å². The van der Waals surface area contributed by atoms with E-state index in [-0.39, 0.29) is 0 Å². The van der Waals surface area contributed by atoms with Crippen LogP contribution in [-0.2, 0) is 0 Å². The lowest BCUT2D eigenvalue weighted by molar-refractivity contribution is 0.192. The van der Waals surface area contributed by atoms with E-state index in [2.05, 4.69) is 35.2 Å². The Morgan fingerprint density at radius 3 is 2.94 bits per heavy atom. The molecule has 0 spiro atoms. The van der Waals surface area contributed by atoms with E-state index < -0.39 is 0 Å². The molecule has 0 amide bonds. The van der Waals surface area contributed by atoms with Crippen LogP contribution in [0, 0.1) is 0 Å². The molecule has 0 aromatic rings. The van der Waals surface area contributed by atoms with Crippen LogP contribution in [0.3, 0.4) is 0 Å². The van der Waals surface area contributed by atoms with Gasteiger partial charge in [-0.2, -0.15) is 11.8 Å². The topological polar surface area (TPSA) is 15.3 Å². The highest BCUT2D eigenvalue weighted by Crippen LogP contribution is 2.32. The summed E-state index contributed by atoms with van der Waals surface area (Å²) in [4.78, 5) is 2.79. The molecule has 100 valence electrons. The first kappa shape index (κ1) is 13.7. The Hall–Kier alpha value is 0.270. The van der Waals surface area contributed by atoms with Crippen molar-refractivity contribution in [3.8, 4) is 0 Å². The summed E-state index contributed by atoms with van der Waals surface area (Å²) in [6.07, 6.45) is 10.6. The van der Waals surface area contributed by atoms with Crippen LogP contribution in [0.1, 0.15) is 45.4 Å². The lowest BCUT2D eigenvalue weighted by atomic mass is 10.1. The number of hydrogen-bond acceptors (Lipinski definition) is 3. The Morgan fingerprint density at radius 2 is 2.24 bits per heavy atom. The monoisotopic (exact) mass is 256 g/mol. The van der Waals surface area contributed by atoms with Gasteiger partial charge in [0.15, 0.2) is 0 Å². The largest absolute Gasteiger partial charge is 0.313 e. The molecule has 0 radical (unpaired) electrons. The second-order valence-corrected chi connectivity index (χ2v) is 6.75. The Morgan fingerprint density at radius 1 is 1.35 bits per heavy atom. The second kappa shape index (κ2) is 7.01. The van der Waals surface area contributed by atoms with Crippen molar-refractivity contribution in [1.29, 1.82) is 0 Å². The molecule has 17 heavy (non-hydrogen) atoms. The van der Waals surface area contributed by atoms with Crippen LogP contribution in [0.15, 0.2) is 0 Å². The van der Waals surface area contributed by atoms with Crippen molar-refractivity contribution in [3.63, 3.8) is 0 Å². The molecule has 3 unspecified atom stereocenters. The number of nitrogens with one attached hydrogen (secondary N) is 1. The average Bonchev–Trinajstić information content (AvgIpc) is 2.70. The normalized spacial score (nSPS) is 36.0. The molecule has 1 aliphatic heterocycles. The zero-order chi connectivity index (χ0) is 12.1. The van der Waals surface area contributed by atoms with Crippen molar-refractivity contribution in [1.82, 2.24) is 10.2 Å². The van der Waals surface area contributed by atoms with Gasteiger partial charge in [-0.3, -0.25) is 4.90 Å². The Labute approximate surface area is 111 Å². The number of hydrogen-bond donors (Lipinski definition) is 1. The predicted molar refractivity (Wildman–Crippen MR) is 77.8 cm³/mol. The fraction of sp³-hybridized carbons (Fsp3) is 1.00. The summed E-state index contributed by atoms with van der Waals surface area (Å²) >= 11 is 2.07. The molecule has 0 bridgehead atoms. The van der Waals surface area contributed by atoms with Gasteiger partial charge in [-0.05, 0) is 51.4 Å². The van der Waals surface area contributed by atoms with Crippen molar-refractivity contribution in [2.24, 2.45) is 0 Å². The smallest absolute Gasteiger partial charge is 0.0195 e. The fourth-order valence-corrected chi connectivity index (χ4v) is 4.15. The van der Waals surface area contributed by atoms with Crippen LogP contribution < -0.4 is 5.32 Å². The highest BCUT2D eigenvalue weighted by molar-refractivity contribution is 7.99. The van der Waals surface area contributed by atoms with E-state index in [4.69, 9.17) is 0 Å². The molecule has 2 aliphatic rings. The molecule has 1 saturated carbocycles. The number of rotatable bonds is 4. The van der Waals surface area contributed by atoms with E-state index in [1.807, 2.05) is 0 Å². The molecule has 1 aliphatic carbocycles. The molecule has 2 fully saturated rings. The third kappa shape index (κ3) is 3.87. The summed E-state index contributed by atoms with van der Waals surface area (Å²) in [5.74, 6) is 0. The Balaban J connectivity index is 1.86. The second-order valence-electron chi connectivity index (χ2n) is 5.61. The molecule has 1 N–H and O–H groups in total. The maximum Gasteiger partial charge on any atom is 0.0195 e. The fourth-order valence-electron chi connectivity index (χ4n) is 3.36. The maximum absolute atomic E-state index is 3.71. The molecule has 3 atom stereocenters. The van der Waals surface area contributed by atoms with Crippen LogP contribution >= 0.6 is 11.8 Å². The molecule has 0 aromatic carbocycles. The van der Waals surface area contributed by atoms with Gasteiger partial charge in [-0.25, -0.2) is 0 Å². The quantitative estimate of drug-likeness (QED) is 0.832. The number of nitrogens with zero attached hydrogens (tertiary/aromatic N) is 1. The van der Waals surface area contributed by atoms with E-state index in [9.17, 15) is 0 Å². The minimum absolute atomic E-state index is 0.746. The summed E-state index contributed by atoms with van der Waals surface area (Å²) in [6.45, 7) is 6.13. The molecule has 1 heterocycles. The maximum atomic E-state index is 3.71. The van der Waals surface area contributed by atoms with E-state index in [1.165, 1.54) is 58.2 Å². The van der Waals surface area contributed by atoms with Crippen LogP contribution in [0.2, 0.25) is 0 Å². The lowest BCUT2D eigenvalue weighted by Gasteiger charge is -2.30. The van der Waals surface area contributed by atoms with E-state index in [0.29, 0.717) is 0 Å². The van der Waals surface area contributed by atoms with Crippen LogP contribution in [0.5, 0.6) is 0 Å². The predicted octanol–water partition coefficient (Wildman–Crippen LogP) is 2.73. The van der Waals surface area contributed by atoms with Crippen molar-refractivity contribution >= 4 is 11.8 Å². The summed E-state index contributed by atoms with van der Waals surface area (Å²) in [5, 5.41) is 4.65. The van der Waals surface area contributed by atoms with Crippen molar-refractivity contribution in [2.75, 3.05) is 25.9 Å². The van der Waals surface area contributed by atoms with Gasteiger partial charge in [0, 0.05) is 23.9 Å². The van der Waals surface area contributed by atoms with Crippen molar-refractivity contribution in [3.05, 3.63) is 0 Å². The Kier molecular flexibility index (Phi) is 5.64. The lowest BCUT2D eigenvalue weighted by Crippen LogP contribution is -2.41. The first-order chi connectivity index (χ1) is 8.33. The summed E-state index contributed by atoms with van der Waals surface area (Å²) in [7, 11) is 0. The molecule has 0 aromatic heterocycles. The average molecular weight is 256 g/mol. The van der Waals surface area contributed by atoms with Crippen molar-refractivity contribution < 1.29 is 0 Å².